The van der Waals surface area contributed by atoms with Gasteiger partial charge >= 0.3 is 5.97 Å². The van der Waals surface area contributed by atoms with Crippen molar-refractivity contribution in [2.45, 2.75) is 20.8 Å². The van der Waals surface area contributed by atoms with Gasteiger partial charge in [0.25, 0.3) is 0 Å². The molecule has 3 rings (SSSR count). The third kappa shape index (κ3) is 5.74. The number of benzene rings is 2. The van der Waals surface area contributed by atoms with Crippen molar-refractivity contribution in [2.24, 2.45) is 10.9 Å². The Kier molecular flexibility index (Phi) is 7.31. The molecule has 0 saturated heterocycles. The van der Waals surface area contributed by atoms with Crippen LogP contribution in [0.25, 0.3) is 11.3 Å². The van der Waals surface area contributed by atoms with Crippen LogP contribution in [0.2, 0.25) is 5.02 Å². The number of carbonyl (C=O) groups is 1. The first-order valence-electron chi connectivity index (χ1n) is 9.80. The number of nitrogens with zero attached hydrogens (tertiary/aromatic N) is 1. The highest BCUT2D eigenvalue weighted by Crippen LogP contribution is 2.27. The molecule has 0 radical (unpaired) electrons. The fourth-order valence-electron chi connectivity index (χ4n) is 2.67. The molecule has 0 fully saturated rings. The molecular formula is C24H24ClNO4. The van der Waals surface area contributed by atoms with Gasteiger partial charge in [0.2, 0.25) is 0 Å². The number of carbonyl (C=O) groups excluding carboxylic acids is 1. The van der Waals surface area contributed by atoms with Crippen molar-refractivity contribution < 1.29 is 18.7 Å². The third-order valence-electron chi connectivity index (χ3n) is 4.13. The van der Waals surface area contributed by atoms with E-state index in [4.69, 9.17) is 25.5 Å². The van der Waals surface area contributed by atoms with E-state index in [0.717, 1.165) is 17.0 Å². The second-order valence-corrected chi connectivity index (χ2v) is 7.48. The summed E-state index contributed by atoms with van der Waals surface area (Å²) in [6, 6.07) is 16.3. The summed E-state index contributed by atoms with van der Waals surface area (Å²) in [5, 5.41) is 0.344. The zero-order valence-electron chi connectivity index (χ0n) is 17.2. The summed E-state index contributed by atoms with van der Waals surface area (Å²) in [6.45, 7) is 6.86. The summed E-state index contributed by atoms with van der Waals surface area (Å²) >= 11 is 6.19. The molecule has 6 heteroatoms. The highest BCUT2D eigenvalue weighted by Gasteiger charge is 2.15. The molecule has 1 heterocycles. The Morgan fingerprint density at radius 2 is 1.90 bits per heavy atom. The maximum atomic E-state index is 12.3. The molecule has 0 saturated carbocycles. The van der Waals surface area contributed by atoms with Gasteiger partial charge in [-0.2, -0.15) is 0 Å². The van der Waals surface area contributed by atoms with E-state index < -0.39 is 5.97 Å². The topological polar surface area (TPSA) is 61.0 Å². The second kappa shape index (κ2) is 10.1. The number of hydrogen-bond donors (Lipinski definition) is 0. The number of aliphatic imine (C=N–C) groups is 1. The third-order valence-corrected chi connectivity index (χ3v) is 4.46. The van der Waals surface area contributed by atoms with Gasteiger partial charge in [-0.25, -0.2) is 4.79 Å². The van der Waals surface area contributed by atoms with E-state index in [-0.39, 0.29) is 5.92 Å². The summed E-state index contributed by atoms with van der Waals surface area (Å²) < 4.78 is 16.6. The Morgan fingerprint density at radius 3 is 2.60 bits per heavy atom. The predicted molar refractivity (Wildman–Crippen MR) is 119 cm³/mol. The highest BCUT2D eigenvalue weighted by atomic mass is 35.5. The minimum absolute atomic E-state index is 0.248. The minimum atomic E-state index is -0.445. The quantitative estimate of drug-likeness (QED) is 0.303. The van der Waals surface area contributed by atoms with Gasteiger partial charge < -0.3 is 13.9 Å². The van der Waals surface area contributed by atoms with Crippen LogP contribution in [0.4, 0.5) is 5.69 Å². The van der Waals surface area contributed by atoms with Gasteiger partial charge in [-0.1, -0.05) is 25.4 Å². The van der Waals surface area contributed by atoms with E-state index in [2.05, 4.69) is 4.99 Å². The summed E-state index contributed by atoms with van der Waals surface area (Å²) in [5.41, 5.74) is 1.84. The van der Waals surface area contributed by atoms with Crippen molar-refractivity contribution in [3.05, 3.63) is 70.9 Å². The van der Waals surface area contributed by atoms with Gasteiger partial charge in [0.05, 0.1) is 35.7 Å². The Hall–Kier alpha value is -3.05. The summed E-state index contributed by atoms with van der Waals surface area (Å²) in [5.74, 6) is 1.82. The van der Waals surface area contributed by atoms with Crippen LogP contribution in [0.3, 0.4) is 0 Å². The fraction of sp³-hybridized carbons (Fsp3) is 0.250. The number of halogens is 1. The van der Waals surface area contributed by atoms with Crippen LogP contribution in [0.5, 0.6) is 5.75 Å². The lowest BCUT2D eigenvalue weighted by atomic mass is 10.1. The van der Waals surface area contributed by atoms with Crippen LogP contribution in [0.15, 0.2) is 64.0 Å². The van der Waals surface area contributed by atoms with Crippen LogP contribution in [0.1, 0.15) is 36.9 Å². The smallest absolute Gasteiger partial charge is 0.339 e. The Morgan fingerprint density at radius 1 is 1.13 bits per heavy atom. The van der Waals surface area contributed by atoms with Crippen molar-refractivity contribution in [3.8, 4) is 17.1 Å². The van der Waals surface area contributed by atoms with E-state index in [1.165, 1.54) is 0 Å². The molecule has 1 aromatic heterocycles. The average Bonchev–Trinajstić information content (AvgIpc) is 3.21. The SMILES string of the molecule is CCOc1ccc(N=Cc2ccc(-c3ccc(Cl)c(C(=O)OCC(C)C)c3)o2)cc1. The van der Waals surface area contributed by atoms with E-state index >= 15 is 0 Å². The van der Waals surface area contributed by atoms with Crippen molar-refractivity contribution >= 4 is 29.5 Å². The predicted octanol–water partition coefficient (Wildman–Crippen LogP) is 6.56. The van der Waals surface area contributed by atoms with Gasteiger partial charge in [-0.3, -0.25) is 4.99 Å². The molecular weight excluding hydrogens is 402 g/mol. The first-order valence-corrected chi connectivity index (χ1v) is 10.2. The van der Waals surface area contributed by atoms with Crippen LogP contribution >= 0.6 is 11.6 Å². The van der Waals surface area contributed by atoms with Crippen LogP contribution in [-0.4, -0.2) is 25.4 Å². The second-order valence-electron chi connectivity index (χ2n) is 7.07. The van der Waals surface area contributed by atoms with Gasteiger partial charge in [0.1, 0.15) is 17.3 Å². The van der Waals surface area contributed by atoms with E-state index in [1.54, 1.807) is 24.4 Å². The Balaban J connectivity index is 1.74. The Bertz CT molecular complexity index is 1020. The lowest BCUT2D eigenvalue weighted by Crippen LogP contribution is -2.10. The lowest BCUT2D eigenvalue weighted by molar-refractivity contribution is 0.0459. The molecule has 0 spiro atoms. The van der Waals surface area contributed by atoms with Crippen LogP contribution < -0.4 is 4.74 Å². The standard InChI is InChI=1S/C24H24ClNO4/c1-4-28-19-8-6-18(7-9-19)26-14-20-10-12-23(30-20)17-5-11-22(25)21(13-17)24(27)29-15-16(2)3/h5-14,16H,4,15H2,1-3H3. The zero-order chi connectivity index (χ0) is 21.5. The van der Waals surface area contributed by atoms with Crippen LogP contribution in [-0.2, 0) is 4.74 Å². The highest BCUT2D eigenvalue weighted by molar-refractivity contribution is 6.33. The average molecular weight is 426 g/mol. The molecule has 0 aliphatic carbocycles. The van der Waals surface area contributed by atoms with Gasteiger partial charge in [0.15, 0.2) is 0 Å². The molecule has 156 valence electrons. The number of hydrogen-bond acceptors (Lipinski definition) is 5. The molecule has 0 N–H and O–H groups in total. The molecule has 3 aromatic rings. The molecule has 0 aliphatic heterocycles. The van der Waals surface area contributed by atoms with Crippen molar-refractivity contribution in [1.29, 1.82) is 0 Å². The maximum absolute atomic E-state index is 12.3. The fourth-order valence-corrected chi connectivity index (χ4v) is 2.86. The number of esters is 1. The number of rotatable bonds is 8. The van der Waals surface area contributed by atoms with Gasteiger partial charge in [-0.05, 0) is 67.4 Å². The minimum Gasteiger partial charge on any atom is -0.494 e. The monoisotopic (exact) mass is 425 g/mol. The molecule has 0 unspecified atom stereocenters. The largest absolute Gasteiger partial charge is 0.494 e. The summed E-state index contributed by atoms with van der Waals surface area (Å²) in [4.78, 5) is 16.7. The molecule has 5 nitrogen and oxygen atoms in total. The van der Waals surface area contributed by atoms with Gasteiger partial charge in [-0.15, -0.1) is 0 Å². The van der Waals surface area contributed by atoms with E-state index in [9.17, 15) is 4.79 Å². The lowest BCUT2D eigenvalue weighted by Gasteiger charge is -2.09. The first kappa shape index (κ1) is 21.7. The Labute approximate surface area is 181 Å². The van der Waals surface area contributed by atoms with E-state index in [1.807, 2.05) is 57.2 Å². The number of furan rings is 1. The van der Waals surface area contributed by atoms with Gasteiger partial charge in [0, 0.05) is 5.56 Å². The molecule has 30 heavy (non-hydrogen) atoms. The molecule has 0 aliphatic rings. The maximum Gasteiger partial charge on any atom is 0.339 e. The molecule has 2 aromatic carbocycles. The molecule has 0 bridgehead atoms. The van der Waals surface area contributed by atoms with Crippen molar-refractivity contribution in [2.75, 3.05) is 13.2 Å². The van der Waals surface area contributed by atoms with E-state index in [0.29, 0.717) is 35.3 Å². The van der Waals surface area contributed by atoms with Crippen molar-refractivity contribution in [3.63, 3.8) is 0 Å². The summed E-state index contributed by atoms with van der Waals surface area (Å²) in [6.07, 6.45) is 1.65. The zero-order valence-corrected chi connectivity index (χ0v) is 18.0. The number of ether oxygens (including phenoxy) is 2. The van der Waals surface area contributed by atoms with Crippen molar-refractivity contribution in [1.82, 2.24) is 0 Å². The first-order chi connectivity index (χ1) is 14.5. The summed E-state index contributed by atoms with van der Waals surface area (Å²) in [7, 11) is 0. The molecule has 0 atom stereocenters. The normalized spacial score (nSPS) is 11.2. The molecule has 0 amide bonds. The van der Waals surface area contributed by atoms with Crippen LogP contribution in [0, 0.1) is 5.92 Å².